The number of rotatable bonds is 5. The third kappa shape index (κ3) is 4.84. The predicted molar refractivity (Wildman–Crippen MR) is 166 cm³/mol. The first kappa shape index (κ1) is 26.0. The molecular weight excluding hydrogens is 571 g/mol. The lowest BCUT2D eigenvalue weighted by molar-refractivity contribution is 0.305. The molecule has 1 aromatic heterocycles. The molecule has 4 aromatic carbocycles. The second-order valence-electron chi connectivity index (χ2n) is 10.1. The van der Waals surface area contributed by atoms with E-state index in [2.05, 4.69) is 18.2 Å². The van der Waals surface area contributed by atoms with Crippen LogP contribution in [0, 0.1) is 0 Å². The number of thiazole rings is 1. The van der Waals surface area contributed by atoms with Crippen molar-refractivity contribution in [3.63, 3.8) is 0 Å². The van der Waals surface area contributed by atoms with Crippen molar-refractivity contribution in [3.8, 4) is 5.75 Å². The highest BCUT2D eigenvalue weighted by Gasteiger charge is 2.33. The number of para-hydroxylation sites is 1. The molecule has 0 amide bonds. The van der Waals surface area contributed by atoms with Gasteiger partial charge in [0.2, 0.25) is 0 Å². The molecule has 4 nitrogen and oxygen atoms in total. The van der Waals surface area contributed by atoms with Crippen LogP contribution in [0.2, 0.25) is 10.0 Å². The fourth-order valence-electron chi connectivity index (χ4n) is 5.63. The first-order valence-electron chi connectivity index (χ1n) is 13.4. The smallest absolute Gasteiger partial charge is 0.271 e. The number of halogens is 2. The van der Waals surface area contributed by atoms with Crippen LogP contribution in [0.3, 0.4) is 0 Å². The van der Waals surface area contributed by atoms with Gasteiger partial charge in [0.1, 0.15) is 12.4 Å². The fraction of sp³-hybridized carbons (Fsp3) is 0.118. The van der Waals surface area contributed by atoms with Crippen LogP contribution in [0.25, 0.3) is 11.8 Å². The van der Waals surface area contributed by atoms with Crippen molar-refractivity contribution >= 4 is 46.3 Å². The lowest BCUT2D eigenvalue weighted by atomic mass is 9.83. The maximum Gasteiger partial charge on any atom is 0.271 e. The number of nitrogens with zero attached hydrogens (tertiary/aromatic N) is 2. The molecule has 0 spiro atoms. The van der Waals surface area contributed by atoms with Gasteiger partial charge in [0.05, 0.1) is 16.3 Å². The van der Waals surface area contributed by atoms with E-state index in [1.54, 1.807) is 10.6 Å². The lowest BCUT2D eigenvalue weighted by Crippen LogP contribution is -2.38. The number of allylic oxidation sites excluding steroid dienone is 1. The minimum Gasteiger partial charge on any atom is -0.488 e. The van der Waals surface area contributed by atoms with E-state index < -0.39 is 0 Å². The molecule has 5 aromatic rings. The number of ether oxygens (including phenoxy) is 1. The zero-order chi connectivity index (χ0) is 27.9. The molecule has 0 saturated heterocycles. The van der Waals surface area contributed by atoms with Crippen LogP contribution in [0.1, 0.15) is 40.3 Å². The molecule has 0 saturated carbocycles. The van der Waals surface area contributed by atoms with Crippen LogP contribution in [0.4, 0.5) is 0 Å². The highest BCUT2D eigenvalue weighted by Crippen LogP contribution is 2.43. The molecule has 41 heavy (non-hydrogen) atoms. The van der Waals surface area contributed by atoms with E-state index in [4.69, 9.17) is 32.9 Å². The van der Waals surface area contributed by atoms with Gasteiger partial charge in [-0.2, -0.15) is 0 Å². The highest BCUT2D eigenvalue weighted by atomic mass is 35.5. The molecule has 1 aliphatic carbocycles. The van der Waals surface area contributed by atoms with Crippen molar-refractivity contribution in [2.45, 2.75) is 25.5 Å². The summed E-state index contributed by atoms with van der Waals surface area (Å²) in [4.78, 5) is 19.9. The third-order valence-corrected chi connectivity index (χ3v) is 9.12. The summed E-state index contributed by atoms with van der Waals surface area (Å²) in [6, 6.07) is 31.3. The van der Waals surface area contributed by atoms with E-state index in [0.717, 1.165) is 46.4 Å². The Kier molecular flexibility index (Phi) is 6.87. The molecule has 0 bridgehead atoms. The van der Waals surface area contributed by atoms with Crippen LogP contribution < -0.4 is 19.6 Å². The summed E-state index contributed by atoms with van der Waals surface area (Å²) in [6.45, 7) is 0.439. The summed E-state index contributed by atoms with van der Waals surface area (Å²) in [6.07, 6.45) is 3.57. The van der Waals surface area contributed by atoms with Crippen LogP contribution in [0.5, 0.6) is 5.75 Å². The Morgan fingerprint density at radius 3 is 2.56 bits per heavy atom. The molecular formula is C34H24Cl2N2O2S. The van der Waals surface area contributed by atoms with Crippen molar-refractivity contribution in [2.75, 3.05) is 0 Å². The van der Waals surface area contributed by atoms with Crippen molar-refractivity contribution in [1.82, 2.24) is 4.57 Å². The zero-order valence-electron chi connectivity index (χ0n) is 21.9. The monoisotopic (exact) mass is 594 g/mol. The normalized spacial score (nSPS) is 16.0. The van der Waals surface area contributed by atoms with Crippen molar-refractivity contribution in [3.05, 3.63) is 160 Å². The minimum atomic E-state index is -0.369. The Bertz CT molecular complexity index is 2010. The Labute approximate surface area is 251 Å². The molecule has 7 heteroatoms. The van der Waals surface area contributed by atoms with E-state index in [1.807, 2.05) is 78.9 Å². The van der Waals surface area contributed by atoms with Gasteiger partial charge >= 0.3 is 0 Å². The van der Waals surface area contributed by atoms with Crippen LogP contribution >= 0.6 is 34.5 Å². The Morgan fingerprint density at radius 1 is 0.927 bits per heavy atom. The average molecular weight is 596 g/mol. The van der Waals surface area contributed by atoms with E-state index in [1.165, 1.54) is 16.9 Å². The van der Waals surface area contributed by atoms with E-state index in [9.17, 15) is 4.79 Å². The predicted octanol–water partition coefficient (Wildman–Crippen LogP) is 7.20. The molecule has 0 N–H and O–H groups in total. The Hall–Kier alpha value is -3.90. The van der Waals surface area contributed by atoms with Gasteiger partial charge in [-0.1, -0.05) is 113 Å². The SMILES string of the molecule is O=c1/c(=C/c2ccccc2OCc2ccccc2)sc2n1[C@H](c1ccc(Cl)cc1Cl)C1=C(N=2)c2ccccc2CC1. The van der Waals surface area contributed by atoms with Gasteiger partial charge in [0.15, 0.2) is 4.80 Å². The second kappa shape index (κ2) is 10.8. The third-order valence-electron chi connectivity index (χ3n) is 7.57. The first-order valence-corrected chi connectivity index (χ1v) is 15.0. The summed E-state index contributed by atoms with van der Waals surface area (Å²) in [5, 5.41) is 1.09. The second-order valence-corrected chi connectivity index (χ2v) is 11.9. The number of aromatic nitrogens is 1. The molecule has 0 fully saturated rings. The number of hydrogen-bond donors (Lipinski definition) is 0. The fourth-order valence-corrected chi connectivity index (χ4v) is 7.13. The van der Waals surface area contributed by atoms with Gasteiger partial charge in [-0.15, -0.1) is 0 Å². The quantitative estimate of drug-likeness (QED) is 0.216. The Morgan fingerprint density at radius 2 is 1.71 bits per heavy atom. The standard InChI is InChI=1S/C34H24Cl2N2O2S/c35-24-15-17-26(28(36)19-24)32-27-16-14-22-10-4-6-12-25(22)31(27)37-34-38(32)33(39)30(41-34)18-23-11-5-7-13-29(23)40-20-21-8-2-1-3-9-21/h1-13,15,17-19,32H,14,16,20H2/b30-18-/t32-/m1/s1. The largest absolute Gasteiger partial charge is 0.488 e. The van der Waals surface area contributed by atoms with Crippen LogP contribution in [-0.4, -0.2) is 4.57 Å². The van der Waals surface area contributed by atoms with Gasteiger partial charge < -0.3 is 4.74 Å². The summed E-state index contributed by atoms with van der Waals surface area (Å²) >= 11 is 14.4. The van der Waals surface area contributed by atoms with E-state index in [-0.39, 0.29) is 11.6 Å². The summed E-state index contributed by atoms with van der Waals surface area (Å²) in [7, 11) is 0. The van der Waals surface area contributed by atoms with Gasteiger partial charge in [-0.3, -0.25) is 9.36 Å². The van der Waals surface area contributed by atoms with Crippen molar-refractivity contribution in [1.29, 1.82) is 0 Å². The van der Waals surface area contributed by atoms with Gasteiger partial charge in [-0.25, -0.2) is 4.99 Å². The lowest BCUT2D eigenvalue weighted by Gasteiger charge is -2.31. The maximum absolute atomic E-state index is 14.1. The number of hydrogen-bond acceptors (Lipinski definition) is 4. The molecule has 1 atom stereocenters. The number of fused-ring (bicyclic) bond motifs is 3. The van der Waals surface area contributed by atoms with E-state index in [0.29, 0.717) is 31.7 Å². The maximum atomic E-state index is 14.1. The molecule has 7 rings (SSSR count). The molecule has 2 heterocycles. The van der Waals surface area contributed by atoms with Crippen molar-refractivity contribution in [2.24, 2.45) is 4.99 Å². The molecule has 202 valence electrons. The average Bonchev–Trinajstić information content (AvgIpc) is 3.30. The molecule has 0 unspecified atom stereocenters. The summed E-state index contributed by atoms with van der Waals surface area (Å²) in [5.74, 6) is 0.715. The number of aryl methyl sites for hydroxylation is 1. The topological polar surface area (TPSA) is 43.6 Å². The summed E-state index contributed by atoms with van der Waals surface area (Å²) in [5.41, 5.74) is 7.06. The number of benzene rings is 4. The van der Waals surface area contributed by atoms with Crippen LogP contribution in [-0.2, 0) is 13.0 Å². The molecule has 0 radical (unpaired) electrons. The van der Waals surface area contributed by atoms with Gasteiger partial charge in [0.25, 0.3) is 5.56 Å². The minimum absolute atomic E-state index is 0.104. The van der Waals surface area contributed by atoms with Crippen LogP contribution in [0.15, 0.2) is 112 Å². The first-order chi connectivity index (χ1) is 20.1. The van der Waals surface area contributed by atoms with E-state index >= 15 is 0 Å². The Balaban J connectivity index is 1.39. The highest BCUT2D eigenvalue weighted by molar-refractivity contribution is 7.07. The van der Waals surface area contributed by atoms with Gasteiger partial charge in [-0.05, 0) is 59.4 Å². The molecule has 2 aliphatic rings. The molecule has 1 aliphatic heterocycles. The summed E-state index contributed by atoms with van der Waals surface area (Å²) < 4.78 is 8.56. The zero-order valence-corrected chi connectivity index (χ0v) is 24.2. The van der Waals surface area contributed by atoms with Gasteiger partial charge in [0, 0.05) is 21.2 Å². The van der Waals surface area contributed by atoms with Crippen molar-refractivity contribution < 1.29 is 4.74 Å².